The number of allylic oxidation sites excluding steroid dienone is 3. The SMILES string of the molecule is CCOC(=O)/C=C(C)/C=C/C1C[C@]1(C)c1cc2c(cc1C)N(C(=O)OC(C)(C)C)CCC2(C)C. The number of anilines is 1. The van der Waals surface area contributed by atoms with E-state index in [2.05, 4.69) is 45.9 Å². The van der Waals surface area contributed by atoms with Gasteiger partial charge in [0, 0.05) is 12.6 Å². The Morgan fingerprint density at radius 2 is 1.85 bits per heavy atom. The van der Waals surface area contributed by atoms with Crippen LogP contribution in [0.15, 0.2) is 35.9 Å². The normalized spacial score (nSPS) is 24.1. The number of esters is 1. The number of benzene rings is 1. The lowest BCUT2D eigenvalue weighted by molar-refractivity contribution is -0.137. The van der Waals surface area contributed by atoms with Crippen molar-refractivity contribution in [1.82, 2.24) is 0 Å². The van der Waals surface area contributed by atoms with Crippen molar-refractivity contribution in [2.75, 3.05) is 18.1 Å². The first-order valence-electron chi connectivity index (χ1n) is 12.4. The van der Waals surface area contributed by atoms with E-state index in [1.807, 2.05) is 40.7 Å². The van der Waals surface area contributed by atoms with Crippen LogP contribution in [0.1, 0.15) is 84.9 Å². The number of hydrogen-bond donors (Lipinski definition) is 0. The van der Waals surface area contributed by atoms with E-state index in [4.69, 9.17) is 9.47 Å². The average Bonchev–Trinajstić information content (AvgIpc) is 3.35. The molecule has 0 saturated heterocycles. The molecule has 5 heteroatoms. The summed E-state index contributed by atoms with van der Waals surface area (Å²) in [6.07, 6.45) is 7.44. The lowest BCUT2D eigenvalue weighted by Gasteiger charge is -2.40. The third-order valence-corrected chi connectivity index (χ3v) is 7.08. The molecule has 1 aromatic carbocycles. The first-order valence-corrected chi connectivity index (χ1v) is 12.4. The number of aryl methyl sites for hydroxylation is 1. The number of amides is 1. The maximum Gasteiger partial charge on any atom is 0.414 e. The first-order chi connectivity index (χ1) is 15.7. The molecule has 1 saturated carbocycles. The van der Waals surface area contributed by atoms with Gasteiger partial charge in [0.2, 0.25) is 0 Å². The average molecular weight is 468 g/mol. The Balaban J connectivity index is 1.89. The van der Waals surface area contributed by atoms with Gasteiger partial charge in [0.15, 0.2) is 0 Å². The van der Waals surface area contributed by atoms with Crippen LogP contribution in [0.3, 0.4) is 0 Å². The highest BCUT2D eigenvalue weighted by atomic mass is 16.6. The Hall–Kier alpha value is -2.56. The number of nitrogens with zero attached hydrogens (tertiary/aromatic N) is 1. The highest BCUT2D eigenvalue weighted by molar-refractivity contribution is 5.90. The largest absolute Gasteiger partial charge is 0.463 e. The molecule has 1 amide bonds. The molecule has 0 aromatic heterocycles. The van der Waals surface area contributed by atoms with Gasteiger partial charge in [0.25, 0.3) is 0 Å². The van der Waals surface area contributed by atoms with Crippen molar-refractivity contribution >= 4 is 17.7 Å². The van der Waals surface area contributed by atoms with Gasteiger partial charge >= 0.3 is 12.1 Å². The van der Waals surface area contributed by atoms with Crippen LogP contribution >= 0.6 is 0 Å². The van der Waals surface area contributed by atoms with Crippen LogP contribution in [0, 0.1) is 12.8 Å². The second-order valence-electron chi connectivity index (χ2n) is 11.7. The Morgan fingerprint density at radius 1 is 1.18 bits per heavy atom. The zero-order chi connectivity index (χ0) is 25.5. The van der Waals surface area contributed by atoms with E-state index >= 15 is 0 Å². The molecule has 0 spiro atoms. The second kappa shape index (κ2) is 9.24. The van der Waals surface area contributed by atoms with Gasteiger partial charge in [-0.25, -0.2) is 9.59 Å². The van der Waals surface area contributed by atoms with E-state index in [1.165, 1.54) is 22.8 Å². The van der Waals surface area contributed by atoms with E-state index in [0.717, 1.165) is 24.1 Å². The summed E-state index contributed by atoms with van der Waals surface area (Å²) in [7, 11) is 0. The Bertz CT molecular complexity index is 1030. The van der Waals surface area contributed by atoms with E-state index < -0.39 is 5.60 Å². The molecule has 1 unspecified atom stereocenters. The van der Waals surface area contributed by atoms with Crippen molar-refractivity contribution in [2.24, 2.45) is 5.92 Å². The van der Waals surface area contributed by atoms with Crippen LogP contribution in [-0.2, 0) is 25.1 Å². The molecule has 2 aliphatic rings. The molecular weight excluding hydrogens is 426 g/mol. The van der Waals surface area contributed by atoms with Crippen LogP contribution in [0.25, 0.3) is 0 Å². The van der Waals surface area contributed by atoms with Gasteiger partial charge in [0.1, 0.15) is 5.60 Å². The molecule has 0 radical (unpaired) electrons. The lowest BCUT2D eigenvalue weighted by atomic mass is 9.75. The van der Waals surface area contributed by atoms with Gasteiger partial charge in [-0.15, -0.1) is 0 Å². The van der Waals surface area contributed by atoms with Gasteiger partial charge in [0.05, 0.1) is 12.3 Å². The smallest absolute Gasteiger partial charge is 0.414 e. The first kappa shape index (κ1) is 26.1. The molecule has 34 heavy (non-hydrogen) atoms. The fourth-order valence-electron chi connectivity index (χ4n) is 4.90. The molecular formula is C29H41NO4. The number of rotatable bonds is 5. The molecule has 5 nitrogen and oxygen atoms in total. The van der Waals surface area contributed by atoms with Crippen molar-refractivity contribution in [2.45, 2.75) is 91.6 Å². The molecule has 3 rings (SSSR count). The maximum atomic E-state index is 13.0. The van der Waals surface area contributed by atoms with Crippen molar-refractivity contribution in [3.8, 4) is 0 Å². The summed E-state index contributed by atoms with van der Waals surface area (Å²) < 4.78 is 10.7. The lowest BCUT2D eigenvalue weighted by Crippen LogP contribution is -2.43. The topological polar surface area (TPSA) is 55.8 Å². The summed E-state index contributed by atoms with van der Waals surface area (Å²) in [5, 5.41) is 0. The van der Waals surface area contributed by atoms with Crippen LogP contribution in [0.2, 0.25) is 0 Å². The van der Waals surface area contributed by atoms with Crippen molar-refractivity contribution in [3.63, 3.8) is 0 Å². The maximum absolute atomic E-state index is 13.0. The zero-order valence-corrected chi connectivity index (χ0v) is 22.4. The van der Waals surface area contributed by atoms with E-state index in [-0.39, 0.29) is 22.9 Å². The van der Waals surface area contributed by atoms with Crippen molar-refractivity contribution in [3.05, 3.63) is 52.6 Å². The zero-order valence-electron chi connectivity index (χ0n) is 22.4. The molecule has 186 valence electrons. The predicted molar refractivity (Wildman–Crippen MR) is 137 cm³/mol. The summed E-state index contributed by atoms with van der Waals surface area (Å²) in [6.45, 7) is 19.4. The summed E-state index contributed by atoms with van der Waals surface area (Å²) >= 11 is 0. The minimum atomic E-state index is -0.528. The summed E-state index contributed by atoms with van der Waals surface area (Å²) in [5.74, 6) is 0.106. The summed E-state index contributed by atoms with van der Waals surface area (Å²) in [5.41, 5.74) is 5.10. The molecule has 1 fully saturated rings. The van der Waals surface area contributed by atoms with Gasteiger partial charge in [-0.3, -0.25) is 4.90 Å². The molecule has 1 aliphatic carbocycles. The van der Waals surface area contributed by atoms with E-state index in [1.54, 1.807) is 4.90 Å². The number of ether oxygens (including phenoxy) is 2. The number of carbonyl (C=O) groups excluding carboxylic acids is 2. The van der Waals surface area contributed by atoms with Gasteiger partial charge < -0.3 is 9.47 Å². The Morgan fingerprint density at radius 3 is 2.47 bits per heavy atom. The molecule has 1 aliphatic heterocycles. The Kier molecular flexibility index (Phi) is 7.08. The predicted octanol–water partition coefficient (Wildman–Crippen LogP) is 6.76. The van der Waals surface area contributed by atoms with Gasteiger partial charge in [-0.2, -0.15) is 0 Å². The van der Waals surface area contributed by atoms with Crippen molar-refractivity contribution in [1.29, 1.82) is 0 Å². The third-order valence-electron chi connectivity index (χ3n) is 7.08. The second-order valence-corrected chi connectivity index (χ2v) is 11.7. The Labute approximate surface area is 205 Å². The molecule has 0 N–H and O–H groups in total. The highest BCUT2D eigenvalue weighted by Gasteiger charge is 2.51. The number of hydrogen-bond acceptors (Lipinski definition) is 4. The molecule has 1 heterocycles. The van der Waals surface area contributed by atoms with Crippen LogP contribution in [0.4, 0.5) is 10.5 Å². The van der Waals surface area contributed by atoms with Crippen LogP contribution in [0.5, 0.6) is 0 Å². The monoisotopic (exact) mass is 467 g/mol. The van der Waals surface area contributed by atoms with Crippen molar-refractivity contribution < 1.29 is 19.1 Å². The summed E-state index contributed by atoms with van der Waals surface area (Å²) in [6, 6.07) is 4.50. The minimum absolute atomic E-state index is 0.0220. The van der Waals surface area contributed by atoms with Crippen LogP contribution < -0.4 is 4.90 Å². The standard InChI is InChI=1S/C29H41NO4/c1-10-33-25(31)15-19(2)11-12-21-18-29(21,9)22-17-23-24(16-20(22)3)30(14-13-28(23,7)8)26(32)34-27(4,5)6/h11-12,15-17,21H,10,13-14,18H2,1-9H3/b12-11+,19-15+/t21?,29-/m0/s1. The van der Waals surface area contributed by atoms with Gasteiger partial charge in [-0.05, 0) is 99.5 Å². The third kappa shape index (κ3) is 5.56. The summed E-state index contributed by atoms with van der Waals surface area (Å²) in [4.78, 5) is 26.5. The van der Waals surface area contributed by atoms with Gasteiger partial charge in [-0.1, -0.05) is 39.0 Å². The fraction of sp³-hybridized carbons (Fsp3) is 0.586. The minimum Gasteiger partial charge on any atom is -0.463 e. The van der Waals surface area contributed by atoms with E-state index in [9.17, 15) is 9.59 Å². The van der Waals surface area contributed by atoms with Crippen LogP contribution in [-0.4, -0.2) is 30.8 Å². The van der Waals surface area contributed by atoms with E-state index in [0.29, 0.717) is 19.1 Å². The quantitative estimate of drug-likeness (QED) is 0.273. The number of fused-ring (bicyclic) bond motifs is 1. The highest BCUT2D eigenvalue weighted by Crippen LogP contribution is 2.57. The molecule has 0 bridgehead atoms. The fourth-order valence-corrected chi connectivity index (χ4v) is 4.90. The molecule has 1 aromatic rings. The molecule has 2 atom stereocenters. The number of carbonyl (C=O) groups is 2.